The fourth-order valence-electron chi connectivity index (χ4n) is 2.66. The summed E-state index contributed by atoms with van der Waals surface area (Å²) in [5, 5.41) is 13.0. The molecule has 1 heterocycles. The molecule has 0 N–H and O–H groups in total. The standard InChI is InChI=1S/C17H18ClN5/c1-12-9-10-14(18)11-15(12)23-17(19-20-21-23)16(22(2)3)13-7-5-4-6-8-13/h4-11,16H,1-3H3. The van der Waals surface area contributed by atoms with E-state index in [1.807, 2.05) is 57.4 Å². The van der Waals surface area contributed by atoms with E-state index in [4.69, 9.17) is 11.6 Å². The van der Waals surface area contributed by atoms with Crippen LogP contribution in [0.2, 0.25) is 5.02 Å². The number of halogens is 1. The number of benzene rings is 2. The number of hydrogen-bond acceptors (Lipinski definition) is 4. The lowest BCUT2D eigenvalue weighted by Crippen LogP contribution is -2.24. The zero-order chi connectivity index (χ0) is 16.4. The van der Waals surface area contributed by atoms with Gasteiger partial charge in [0.05, 0.1) is 11.7 Å². The molecule has 2 aromatic carbocycles. The van der Waals surface area contributed by atoms with Gasteiger partial charge in [-0.05, 0) is 54.7 Å². The van der Waals surface area contributed by atoms with Crippen LogP contribution in [0.25, 0.3) is 5.69 Å². The Labute approximate surface area is 140 Å². The highest BCUT2D eigenvalue weighted by atomic mass is 35.5. The van der Waals surface area contributed by atoms with Gasteiger partial charge in [0, 0.05) is 5.02 Å². The zero-order valence-electron chi connectivity index (χ0n) is 13.3. The predicted molar refractivity (Wildman–Crippen MR) is 90.9 cm³/mol. The summed E-state index contributed by atoms with van der Waals surface area (Å²) in [5.74, 6) is 0.756. The molecule has 1 aromatic heterocycles. The highest BCUT2D eigenvalue weighted by Crippen LogP contribution is 2.27. The fraction of sp³-hybridized carbons (Fsp3) is 0.235. The van der Waals surface area contributed by atoms with Crippen LogP contribution in [0, 0.1) is 6.92 Å². The summed E-state index contributed by atoms with van der Waals surface area (Å²) in [6, 6.07) is 15.9. The maximum absolute atomic E-state index is 6.15. The summed E-state index contributed by atoms with van der Waals surface area (Å²) in [6.45, 7) is 2.02. The Morgan fingerprint density at radius 3 is 2.52 bits per heavy atom. The fourth-order valence-corrected chi connectivity index (χ4v) is 2.83. The molecule has 3 aromatic rings. The van der Waals surface area contributed by atoms with E-state index < -0.39 is 0 Å². The topological polar surface area (TPSA) is 46.8 Å². The molecule has 0 radical (unpaired) electrons. The van der Waals surface area contributed by atoms with Crippen molar-refractivity contribution in [3.8, 4) is 5.69 Å². The summed E-state index contributed by atoms with van der Waals surface area (Å²) in [4.78, 5) is 2.09. The molecular weight excluding hydrogens is 310 g/mol. The molecule has 0 aliphatic carbocycles. The molecule has 0 amide bonds. The van der Waals surface area contributed by atoms with Gasteiger partial charge < -0.3 is 0 Å². The Morgan fingerprint density at radius 1 is 1.09 bits per heavy atom. The smallest absolute Gasteiger partial charge is 0.178 e. The average molecular weight is 328 g/mol. The van der Waals surface area contributed by atoms with Crippen molar-refractivity contribution in [3.05, 3.63) is 70.5 Å². The number of tetrazole rings is 1. The normalized spacial score (nSPS) is 12.6. The van der Waals surface area contributed by atoms with Crippen molar-refractivity contribution in [1.82, 2.24) is 25.1 Å². The second-order valence-electron chi connectivity index (χ2n) is 5.66. The summed E-state index contributed by atoms with van der Waals surface area (Å²) < 4.78 is 1.76. The van der Waals surface area contributed by atoms with Crippen molar-refractivity contribution < 1.29 is 0 Å². The molecule has 1 atom stereocenters. The first kappa shape index (κ1) is 15.6. The van der Waals surface area contributed by atoms with Crippen LogP contribution < -0.4 is 0 Å². The van der Waals surface area contributed by atoms with Crippen LogP contribution in [0.4, 0.5) is 0 Å². The molecule has 3 rings (SSSR count). The quantitative estimate of drug-likeness (QED) is 0.738. The molecule has 0 bridgehead atoms. The van der Waals surface area contributed by atoms with Crippen LogP contribution in [0.3, 0.4) is 0 Å². The van der Waals surface area contributed by atoms with Gasteiger partial charge in [-0.1, -0.05) is 48.0 Å². The molecular formula is C17H18ClN5. The Kier molecular flexibility index (Phi) is 4.41. The van der Waals surface area contributed by atoms with Gasteiger partial charge >= 0.3 is 0 Å². The van der Waals surface area contributed by atoms with E-state index >= 15 is 0 Å². The van der Waals surface area contributed by atoms with Crippen molar-refractivity contribution in [1.29, 1.82) is 0 Å². The number of aryl methyl sites for hydroxylation is 1. The largest absolute Gasteiger partial charge is 0.296 e. The second-order valence-corrected chi connectivity index (χ2v) is 6.09. The van der Waals surface area contributed by atoms with Gasteiger partial charge in [0.1, 0.15) is 0 Å². The Hall–Kier alpha value is -2.24. The highest BCUT2D eigenvalue weighted by molar-refractivity contribution is 6.30. The highest BCUT2D eigenvalue weighted by Gasteiger charge is 2.24. The third-order valence-electron chi connectivity index (χ3n) is 3.77. The minimum Gasteiger partial charge on any atom is -0.296 e. The second kappa shape index (κ2) is 6.48. The van der Waals surface area contributed by atoms with Gasteiger partial charge in [0.2, 0.25) is 0 Å². The maximum Gasteiger partial charge on any atom is 0.178 e. The molecule has 23 heavy (non-hydrogen) atoms. The number of nitrogens with zero attached hydrogens (tertiary/aromatic N) is 5. The van der Waals surface area contributed by atoms with Crippen LogP contribution >= 0.6 is 11.6 Å². The molecule has 118 valence electrons. The third-order valence-corrected chi connectivity index (χ3v) is 4.00. The van der Waals surface area contributed by atoms with Gasteiger partial charge in [0.25, 0.3) is 0 Å². The first-order valence-electron chi connectivity index (χ1n) is 7.34. The molecule has 1 unspecified atom stereocenters. The van der Waals surface area contributed by atoms with Gasteiger partial charge in [-0.2, -0.15) is 4.68 Å². The monoisotopic (exact) mass is 327 g/mol. The molecule has 0 fully saturated rings. The first-order chi connectivity index (χ1) is 11.1. The van der Waals surface area contributed by atoms with Crippen LogP contribution in [-0.4, -0.2) is 39.2 Å². The van der Waals surface area contributed by atoms with Gasteiger partial charge in [-0.3, -0.25) is 4.90 Å². The van der Waals surface area contributed by atoms with Gasteiger partial charge in [-0.25, -0.2) is 0 Å². The Bertz CT molecular complexity index is 798. The zero-order valence-corrected chi connectivity index (χ0v) is 14.1. The molecule has 0 aliphatic heterocycles. The lowest BCUT2D eigenvalue weighted by Gasteiger charge is -2.24. The van der Waals surface area contributed by atoms with E-state index in [9.17, 15) is 0 Å². The van der Waals surface area contributed by atoms with Crippen LogP contribution in [0.1, 0.15) is 23.0 Å². The van der Waals surface area contributed by atoms with E-state index in [-0.39, 0.29) is 6.04 Å². The summed E-state index contributed by atoms with van der Waals surface area (Å²) in [5.41, 5.74) is 3.09. The third kappa shape index (κ3) is 3.11. The van der Waals surface area contributed by atoms with Gasteiger partial charge in [0.15, 0.2) is 5.82 Å². The van der Waals surface area contributed by atoms with Crippen LogP contribution in [-0.2, 0) is 0 Å². The molecule has 5 nitrogen and oxygen atoms in total. The molecule has 0 aliphatic rings. The van der Waals surface area contributed by atoms with E-state index in [0.29, 0.717) is 5.02 Å². The molecule has 0 spiro atoms. The Morgan fingerprint density at radius 2 is 1.83 bits per heavy atom. The maximum atomic E-state index is 6.15. The molecule has 0 saturated carbocycles. The van der Waals surface area contributed by atoms with Crippen molar-refractivity contribution in [3.63, 3.8) is 0 Å². The summed E-state index contributed by atoms with van der Waals surface area (Å²) in [6.07, 6.45) is 0. The minimum atomic E-state index is -0.0513. The van der Waals surface area contributed by atoms with E-state index in [0.717, 1.165) is 22.6 Å². The van der Waals surface area contributed by atoms with Crippen LogP contribution in [0.15, 0.2) is 48.5 Å². The lowest BCUT2D eigenvalue weighted by atomic mass is 10.1. The predicted octanol–water partition coefficient (Wildman–Crippen LogP) is 3.28. The number of aromatic nitrogens is 4. The minimum absolute atomic E-state index is 0.0513. The summed E-state index contributed by atoms with van der Waals surface area (Å²) in [7, 11) is 4.03. The number of rotatable bonds is 4. The van der Waals surface area contributed by atoms with Crippen molar-refractivity contribution >= 4 is 11.6 Å². The van der Waals surface area contributed by atoms with Gasteiger partial charge in [-0.15, -0.1) is 5.10 Å². The Balaban J connectivity index is 2.14. The molecule has 6 heteroatoms. The molecule has 0 saturated heterocycles. The number of hydrogen-bond donors (Lipinski definition) is 0. The van der Waals surface area contributed by atoms with Crippen molar-refractivity contribution in [2.24, 2.45) is 0 Å². The van der Waals surface area contributed by atoms with E-state index in [1.54, 1.807) is 4.68 Å². The average Bonchev–Trinajstić information content (AvgIpc) is 2.99. The summed E-state index contributed by atoms with van der Waals surface area (Å²) >= 11 is 6.15. The van der Waals surface area contributed by atoms with E-state index in [1.165, 1.54) is 0 Å². The SMILES string of the molecule is Cc1ccc(Cl)cc1-n1nnnc1C(c1ccccc1)N(C)C. The van der Waals surface area contributed by atoms with Crippen LogP contribution in [0.5, 0.6) is 0 Å². The van der Waals surface area contributed by atoms with E-state index in [2.05, 4.69) is 32.6 Å². The lowest BCUT2D eigenvalue weighted by molar-refractivity contribution is 0.325. The van der Waals surface area contributed by atoms with Crippen molar-refractivity contribution in [2.75, 3.05) is 14.1 Å². The van der Waals surface area contributed by atoms with Crippen molar-refractivity contribution in [2.45, 2.75) is 13.0 Å². The first-order valence-corrected chi connectivity index (χ1v) is 7.72.